The maximum Gasteiger partial charge on any atom is 0.229 e. The Morgan fingerprint density at radius 2 is 1.75 bits per heavy atom. The topological polar surface area (TPSA) is 66.9 Å². The average Bonchev–Trinajstić information content (AvgIpc) is 2.67. The molecule has 0 saturated carbocycles. The Morgan fingerprint density at radius 3 is 2.54 bits per heavy atom. The number of anilines is 4. The fourth-order valence-corrected chi connectivity index (χ4v) is 3.47. The number of benzene rings is 2. The molecule has 0 saturated heterocycles. The molecular weight excluding hydrogens is 372 g/mol. The number of aryl methyl sites for hydroxylation is 2. The molecule has 6 heteroatoms. The normalized spacial score (nSPS) is 13.2. The minimum absolute atomic E-state index is 0.0899. The van der Waals surface area contributed by atoms with Gasteiger partial charge in [0.1, 0.15) is 5.82 Å². The molecule has 0 spiro atoms. The first-order valence-electron chi connectivity index (χ1n) is 9.31. The molecule has 142 valence electrons. The maximum absolute atomic E-state index is 12.6. The Labute approximate surface area is 169 Å². The average molecular weight is 393 g/mol. The number of hydrogen-bond acceptors (Lipinski definition) is 5. The summed E-state index contributed by atoms with van der Waals surface area (Å²) in [6, 6.07) is 13.4. The van der Waals surface area contributed by atoms with Crippen molar-refractivity contribution in [2.75, 3.05) is 10.6 Å². The van der Waals surface area contributed by atoms with Gasteiger partial charge in [-0.3, -0.25) is 4.79 Å². The Hall–Kier alpha value is -2.92. The van der Waals surface area contributed by atoms with Crippen LogP contribution in [0.25, 0.3) is 0 Å². The standard InChI is InChI=1S/C22H21ClN4O/c1-13-5-3-6-17(14(13)2)25-21-20-18(7-4-8-19(20)28)26-22(27-21)24-16-11-9-15(23)10-12-16/h3,5-6,9-12H,4,7-8H2,1-2H3,(H2,24,25,26,27). The van der Waals surface area contributed by atoms with Crippen LogP contribution in [0.5, 0.6) is 0 Å². The van der Waals surface area contributed by atoms with Crippen molar-refractivity contribution in [1.29, 1.82) is 0 Å². The lowest BCUT2D eigenvalue weighted by atomic mass is 9.95. The quantitative estimate of drug-likeness (QED) is 0.591. The number of carbonyl (C=O) groups excluding carboxylic acids is 1. The van der Waals surface area contributed by atoms with Crippen LogP contribution in [-0.2, 0) is 6.42 Å². The summed E-state index contributed by atoms with van der Waals surface area (Å²) in [5.41, 5.74) is 5.48. The fourth-order valence-electron chi connectivity index (χ4n) is 3.35. The van der Waals surface area contributed by atoms with Crippen LogP contribution in [0.4, 0.5) is 23.1 Å². The number of aromatic nitrogens is 2. The van der Waals surface area contributed by atoms with Crippen LogP contribution in [0.1, 0.15) is 40.0 Å². The largest absolute Gasteiger partial charge is 0.339 e. The molecule has 0 radical (unpaired) electrons. The summed E-state index contributed by atoms with van der Waals surface area (Å²) in [6.07, 6.45) is 2.11. The smallest absolute Gasteiger partial charge is 0.229 e. The van der Waals surface area contributed by atoms with Gasteiger partial charge in [0.15, 0.2) is 5.78 Å². The molecule has 2 N–H and O–H groups in total. The summed E-state index contributed by atoms with van der Waals surface area (Å²) < 4.78 is 0. The summed E-state index contributed by atoms with van der Waals surface area (Å²) in [7, 11) is 0. The van der Waals surface area contributed by atoms with E-state index in [2.05, 4.69) is 40.5 Å². The van der Waals surface area contributed by atoms with Crippen LogP contribution < -0.4 is 10.6 Å². The van der Waals surface area contributed by atoms with E-state index in [1.54, 1.807) is 12.1 Å². The Balaban J connectivity index is 1.75. The lowest BCUT2D eigenvalue weighted by Crippen LogP contribution is -2.18. The second-order valence-corrected chi connectivity index (χ2v) is 7.44. The van der Waals surface area contributed by atoms with Crippen LogP contribution in [0, 0.1) is 13.8 Å². The van der Waals surface area contributed by atoms with Crippen LogP contribution in [-0.4, -0.2) is 15.8 Å². The van der Waals surface area contributed by atoms with Gasteiger partial charge in [0, 0.05) is 22.8 Å². The zero-order chi connectivity index (χ0) is 19.7. The van der Waals surface area contributed by atoms with E-state index in [1.165, 1.54) is 5.56 Å². The predicted octanol–water partition coefficient (Wildman–Crippen LogP) is 5.75. The highest BCUT2D eigenvalue weighted by Crippen LogP contribution is 2.31. The summed E-state index contributed by atoms with van der Waals surface area (Å²) in [5.74, 6) is 1.11. The van der Waals surface area contributed by atoms with Gasteiger partial charge in [-0.1, -0.05) is 23.7 Å². The molecule has 0 amide bonds. The molecule has 4 rings (SSSR count). The zero-order valence-electron chi connectivity index (χ0n) is 15.8. The number of carbonyl (C=O) groups is 1. The third-order valence-electron chi connectivity index (χ3n) is 5.04. The minimum atomic E-state index is 0.0899. The Morgan fingerprint density at radius 1 is 0.964 bits per heavy atom. The SMILES string of the molecule is Cc1cccc(Nc2nc(Nc3ccc(Cl)cc3)nc3c2C(=O)CCC3)c1C. The third-order valence-corrected chi connectivity index (χ3v) is 5.29. The monoisotopic (exact) mass is 392 g/mol. The van der Waals surface area contributed by atoms with Gasteiger partial charge in [-0.25, -0.2) is 4.98 Å². The lowest BCUT2D eigenvalue weighted by Gasteiger charge is -2.20. The molecule has 0 aliphatic heterocycles. The summed E-state index contributed by atoms with van der Waals surface area (Å²) in [6.45, 7) is 4.12. The highest BCUT2D eigenvalue weighted by molar-refractivity contribution is 6.30. The van der Waals surface area contributed by atoms with Crippen molar-refractivity contribution in [1.82, 2.24) is 9.97 Å². The van der Waals surface area contributed by atoms with Gasteiger partial charge in [0.2, 0.25) is 5.95 Å². The molecule has 5 nitrogen and oxygen atoms in total. The van der Waals surface area contributed by atoms with E-state index >= 15 is 0 Å². The van der Waals surface area contributed by atoms with Gasteiger partial charge in [0.05, 0.1) is 11.3 Å². The number of hydrogen-bond donors (Lipinski definition) is 2. The number of halogens is 1. The number of nitrogens with one attached hydrogen (secondary N) is 2. The molecule has 2 aromatic carbocycles. The van der Waals surface area contributed by atoms with Crippen LogP contribution in [0.15, 0.2) is 42.5 Å². The first-order chi connectivity index (χ1) is 13.5. The summed E-state index contributed by atoms with van der Waals surface area (Å²) in [5, 5.41) is 7.26. The van der Waals surface area contributed by atoms with E-state index in [1.807, 2.05) is 24.3 Å². The number of ketones is 1. The third kappa shape index (κ3) is 3.71. The van der Waals surface area contributed by atoms with Crippen molar-refractivity contribution in [2.24, 2.45) is 0 Å². The van der Waals surface area contributed by atoms with E-state index in [9.17, 15) is 4.79 Å². The van der Waals surface area contributed by atoms with Crippen molar-refractivity contribution >= 4 is 40.5 Å². The predicted molar refractivity (Wildman–Crippen MR) is 113 cm³/mol. The molecule has 0 atom stereocenters. The van der Waals surface area contributed by atoms with Gasteiger partial charge >= 0.3 is 0 Å². The number of rotatable bonds is 4. The molecule has 3 aromatic rings. The van der Waals surface area contributed by atoms with E-state index in [4.69, 9.17) is 11.6 Å². The fraction of sp³-hybridized carbons (Fsp3) is 0.227. The first kappa shape index (κ1) is 18.4. The van der Waals surface area contributed by atoms with E-state index in [0.29, 0.717) is 28.8 Å². The highest BCUT2D eigenvalue weighted by atomic mass is 35.5. The van der Waals surface area contributed by atoms with E-state index < -0.39 is 0 Å². The highest BCUT2D eigenvalue weighted by Gasteiger charge is 2.25. The molecule has 1 heterocycles. The second kappa shape index (κ2) is 7.60. The number of nitrogens with zero attached hydrogens (tertiary/aromatic N) is 2. The van der Waals surface area contributed by atoms with Gasteiger partial charge < -0.3 is 10.6 Å². The van der Waals surface area contributed by atoms with Gasteiger partial charge in [-0.15, -0.1) is 0 Å². The van der Waals surface area contributed by atoms with Gasteiger partial charge in [-0.05, 0) is 68.1 Å². The zero-order valence-corrected chi connectivity index (χ0v) is 16.6. The molecule has 28 heavy (non-hydrogen) atoms. The number of fused-ring (bicyclic) bond motifs is 1. The van der Waals surface area contributed by atoms with Crippen LogP contribution >= 0.6 is 11.6 Å². The molecular formula is C22H21ClN4O. The van der Waals surface area contributed by atoms with Crippen molar-refractivity contribution in [2.45, 2.75) is 33.1 Å². The molecule has 0 bridgehead atoms. The minimum Gasteiger partial charge on any atom is -0.339 e. The van der Waals surface area contributed by atoms with Gasteiger partial charge in [-0.2, -0.15) is 4.98 Å². The van der Waals surface area contributed by atoms with Crippen LogP contribution in [0.3, 0.4) is 0 Å². The molecule has 0 unspecified atom stereocenters. The van der Waals surface area contributed by atoms with Crippen molar-refractivity contribution in [3.8, 4) is 0 Å². The van der Waals surface area contributed by atoms with Crippen molar-refractivity contribution < 1.29 is 4.79 Å². The summed E-state index contributed by atoms with van der Waals surface area (Å²) >= 11 is 5.96. The number of Topliss-reactive ketones (excluding diaryl/α,β-unsaturated/α-hetero) is 1. The molecule has 1 aromatic heterocycles. The molecule has 1 aliphatic carbocycles. The Kier molecular flexibility index (Phi) is 5.01. The Bertz CT molecular complexity index is 1050. The van der Waals surface area contributed by atoms with Crippen molar-refractivity contribution in [3.05, 3.63) is 69.9 Å². The lowest BCUT2D eigenvalue weighted by molar-refractivity contribution is 0.0972. The maximum atomic E-state index is 12.6. The van der Waals surface area contributed by atoms with Gasteiger partial charge in [0.25, 0.3) is 0 Å². The summed E-state index contributed by atoms with van der Waals surface area (Å²) in [4.78, 5) is 21.8. The first-order valence-corrected chi connectivity index (χ1v) is 9.69. The van der Waals surface area contributed by atoms with Crippen molar-refractivity contribution in [3.63, 3.8) is 0 Å². The second-order valence-electron chi connectivity index (χ2n) is 7.00. The van der Waals surface area contributed by atoms with Crippen LogP contribution in [0.2, 0.25) is 5.02 Å². The molecule has 1 aliphatic rings. The van der Waals surface area contributed by atoms with E-state index in [-0.39, 0.29) is 5.78 Å². The molecule has 0 fully saturated rings. The van der Waals surface area contributed by atoms with E-state index in [0.717, 1.165) is 35.5 Å².